The van der Waals surface area contributed by atoms with Gasteiger partial charge in [-0.3, -0.25) is 0 Å². The van der Waals surface area contributed by atoms with Crippen molar-refractivity contribution in [2.75, 3.05) is 19.6 Å². The van der Waals surface area contributed by atoms with Crippen molar-refractivity contribution in [3.05, 3.63) is 48.0 Å². The number of nitrogens with one attached hydrogen (secondary N) is 3. The Morgan fingerprint density at radius 1 is 1.17 bits per heavy atom. The summed E-state index contributed by atoms with van der Waals surface area (Å²) in [6.45, 7) is 10.8. The van der Waals surface area contributed by atoms with Gasteiger partial charge in [0, 0.05) is 19.6 Å². The summed E-state index contributed by atoms with van der Waals surface area (Å²) in [6.07, 6.45) is 3.60. The third kappa shape index (κ3) is 9.40. The number of guanidine groups is 1. The van der Waals surface area contributed by atoms with E-state index in [9.17, 15) is 4.79 Å². The number of ether oxygens (including phenoxy) is 1. The summed E-state index contributed by atoms with van der Waals surface area (Å²) in [4.78, 5) is 20.3. The van der Waals surface area contributed by atoms with E-state index in [1.165, 1.54) is 6.33 Å². The van der Waals surface area contributed by atoms with E-state index in [0.29, 0.717) is 26.2 Å². The predicted octanol–water partition coefficient (Wildman–Crippen LogP) is 2.30. The number of carbonyl (C=O) groups is 1. The summed E-state index contributed by atoms with van der Waals surface area (Å²) < 4.78 is 7.01. The number of benzene rings is 1. The van der Waals surface area contributed by atoms with Crippen molar-refractivity contribution in [3.8, 4) is 0 Å². The van der Waals surface area contributed by atoms with Crippen molar-refractivity contribution >= 4 is 12.1 Å². The molecule has 0 spiro atoms. The molecule has 9 nitrogen and oxygen atoms in total. The molecule has 0 saturated heterocycles. The minimum atomic E-state index is -0.486. The molecule has 164 valence electrons. The maximum atomic E-state index is 11.6. The fourth-order valence-corrected chi connectivity index (χ4v) is 2.64. The van der Waals surface area contributed by atoms with Crippen molar-refractivity contribution in [3.63, 3.8) is 0 Å². The van der Waals surface area contributed by atoms with Crippen molar-refractivity contribution in [1.29, 1.82) is 0 Å². The van der Waals surface area contributed by atoms with Crippen LogP contribution in [0.3, 0.4) is 0 Å². The van der Waals surface area contributed by atoms with Crippen LogP contribution in [-0.4, -0.2) is 52.1 Å². The van der Waals surface area contributed by atoms with Gasteiger partial charge in [0.25, 0.3) is 0 Å². The lowest BCUT2D eigenvalue weighted by atomic mass is 10.1. The second kappa shape index (κ2) is 11.8. The number of hydrogen-bond donors (Lipinski definition) is 3. The Labute approximate surface area is 178 Å². The van der Waals surface area contributed by atoms with Crippen LogP contribution in [0, 0.1) is 0 Å². The summed E-state index contributed by atoms with van der Waals surface area (Å²) in [5.41, 5.74) is 1.79. The van der Waals surface area contributed by atoms with Crippen LogP contribution in [-0.2, 0) is 17.8 Å². The molecule has 0 fully saturated rings. The number of amides is 1. The van der Waals surface area contributed by atoms with E-state index in [4.69, 9.17) is 4.74 Å². The zero-order valence-corrected chi connectivity index (χ0v) is 18.3. The van der Waals surface area contributed by atoms with Gasteiger partial charge in [0.2, 0.25) is 0 Å². The van der Waals surface area contributed by atoms with Gasteiger partial charge in [-0.15, -0.1) is 0 Å². The third-order valence-electron chi connectivity index (χ3n) is 3.88. The molecule has 1 amide bonds. The highest BCUT2D eigenvalue weighted by atomic mass is 16.6. The van der Waals surface area contributed by atoms with Crippen LogP contribution in [0.25, 0.3) is 0 Å². The zero-order chi connectivity index (χ0) is 21.8. The molecule has 9 heteroatoms. The number of rotatable bonds is 9. The van der Waals surface area contributed by atoms with E-state index in [2.05, 4.69) is 49.2 Å². The molecule has 0 radical (unpaired) electrons. The summed E-state index contributed by atoms with van der Waals surface area (Å²) in [5.74, 6) is 0.747. The van der Waals surface area contributed by atoms with Crippen LogP contribution in [0.15, 0.2) is 41.9 Å². The van der Waals surface area contributed by atoms with Gasteiger partial charge in [-0.05, 0) is 45.2 Å². The summed E-state index contributed by atoms with van der Waals surface area (Å²) in [6, 6.07) is 8.28. The molecule has 3 N–H and O–H groups in total. The molecule has 1 aromatic carbocycles. The van der Waals surface area contributed by atoms with Gasteiger partial charge in [0.1, 0.15) is 18.3 Å². The normalized spacial score (nSPS) is 11.8. The molecule has 0 aliphatic heterocycles. The van der Waals surface area contributed by atoms with Crippen molar-refractivity contribution in [2.45, 2.75) is 52.8 Å². The quantitative estimate of drug-likeness (QED) is 0.330. The van der Waals surface area contributed by atoms with Crippen LogP contribution >= 0.6 is 0 Å². The van der Waals surface area contributed by atoms with E-state index in [1.807, 2.05) is 33.8 Å². The van der Waals surface area contributed by atoms with Gasteiger partial charge < -0.3 is 20.7 Å². The van der Waals surface area contributed by atoms with E-state index in [-0.39, 0.29) is 0 Å². The number of carbonyl (C=O) groups excluding carboxylic acids is 1. The Morgan fingerprint density at radius 3 is 2.63 bits per heavy atom. The van der Waals surface area contributed by atoms with E-state index in [1.54, 1.807) is 11.0 Å². The second-order valence-electron chi connectivity index (χ2n) is 7.82. The van der Waals surface area contributed by atoms with Gasteiger partial charge >= 0.3 is 6.09 Å². The van der Waals surface area contributed by atoms with Gasteiger partial charge in [0.05, 0.1) is 13.1 Å². The lowest BCUT2D eigenvalue weighted by Gasteiger charge is -2.19. The minimum absolute atomic E-state index is 0.395. The SMILES string of the molecule is CCNC(=NCc1cccc(Cn2cncn2)c1)NCCCNC(=O)OC(C)(C)C. The predicted molar refractivity (Wildman–Crippen MR) is 117 cm³/mol. The summed E-state index contributed by atoms with van der Waals surface area (Å²) >= 11 is 0. The van der Waals surface area contributed by atoms with E-state index in [0.717, 1.165) is 30.1 Å². The fourth-order valence-electron chi connectivity index (χ4n) is 2.64. The van der Waals surface area contributed by atoms with Crippen molar-refractivity contribution in [2.24, 2.45) is 4.99 Å². The number of aliphatic imine (C=N–C) groups is 1. The van der Waals surface area contributed by atoms with Gasteiger partial charge in [-0.25, -0.2) is 19.5 Å². The first-order valence-corrected chi connectivity index (χ1v) is 10.2. The molecule has 1 aromatic heterocycles. The molecular weight excluding hydrogens is 382 g/mol. The van der Waals surface area contributed by atoms with Crippen LogP contribution in [0.5, 0.6) is 0 Å². The van der Waals surface area contributed by atoms with Gasteiger partial charge in [-0.2, -0.15) is 5.10 Å². The Bertz CT molecular complexity index is 798. The Balaban J connectivity index is 1.78. The number of hydrogen-bond acceptors (Lipinski definition) is 5. The first-order valence-electron chi connectivity index (χ1n) is 10.2. The standard InChI is InChI=1S/C21H33N7O2/c1-5-23-19(24-10-7-11-25-20(29)30-21(2,3)4)26-13-17-8-6-9-18(12-17)14-28-16-22-15-27-28/h6,8-9,12,15-16H,5,7,10-11,13-14H2,1-4H3,(H,25,29)(H2,23,24,26). The average molecular weight is 416 g/mol. The first kappa shape index (κ1) is 23.2. The molecule has 1 heterocycles. The second-order valence-corrected chi connectivity index (χ2v) is 7.82. The molecule has 2 aromatic rings. The Kier molecular flexibility index (Phi) is 9.11. The number of alkyl carbamates (subject to hydrolysis) is 1. The smallest absolute Gasteiger partial charge is 0.407 e. The first-order chi connectivity index (χ1) is 14.4. The summed E-state index contributed by atoms with van der Waals surface area (Å²) in [5, 5.41) is 13.4. The highest BCUT2D eigenvalue weighted by Crippen LogP contribution is 2.08. The molecule has 0 aliphatic carbocycles. The van der Waals surface area contributed by atoms with Crippen LogP contribution < -0.4 is 16.0 Å². The Morgan fingerprint density at radius 2 is 1.93 bits per heavy atom. The van der Waals surface area contributed by atoms with Gasteiger partial charge in [0.15, 0.2) is 5.96 Å². The average Bonchev–Trinajstić information content (AvgIpc) is 3.17. The molecule has 0 aliphatic rings. The fraction of sp³-hybridized carbons (Fsp3) is 0.524. The van der Waals surface area contributed by atoms with Crippen molar-refractivity contribution in [1.82, 2.24) is 30.7 Å². The molecule has 0 bridgehead atoms. The van der Waals surface area contributed by atoms with Crippen LogP contribution in [0.1, 0.15) is 45.2 Å². The maximum absolute atomic E-state index is 11.6. The zero-order valence-electron chi connectivity index (χ0n) is 18.3. The molecule has 2 rings (SSSR count). The lowest BCUT2D eigenvalue weighted by Crippen LogP contribution is -2.39. The topological polar surface area (TPSA) is 105 Å². The highest BCUT2D eigenvalue weighted by Gasteiger charge is 2.15. The molecule has 30 heavy (non-hydrogen) atoms. The molecule has 0 atom stereocenters. The van der Waals surface area contributed by atoms with Crippen molar-refractivity contribution < 1.29 is 9.53 Å². The molecule has 0 unspecified atom stereocenters. The molecule has 0 saturated carbocycles. The van der Waals surface area contributed by atoms with E-state index >= 15 is 0 Å². The number of aromatic nitrogens is 3. The monoisotopic (exact) mass is 415 g/mol. The summed E-state index contributed by atoms with van der Waals surface area (Å²) in [7, 11) is 0. The lowest BCUT2D eigenvalue weighted by molar-refractivity contribution is 0.0527. The molecular formula is C21H33N7O2. The highest BCUT2D eigenvalue weighted by molar-refractivity contribution is 5.79. The minimum Gasteiger partial charge on any atom is -0.444 e. The third-order valence-corrected chi connectivity index (χ3v) is 3.88. The van der Waals surface area contributed by atoms with Crippen LogP contribution in [0.4, 0.5) is 4.79 Å². The number of nitrogens with zero attached hydrogens (tertiary/aromatic N) is 4. The van der Waals surface area contributed by atoms with Gasteiger partial charge in [-0.1, -0.05) is 24.3 Å². The maximum Gasteiger partial charge on any atom is 0.407 e. The Hall–Kier alpha value is -3.10. The van der Waals surface area contributed by atoms with Crippen LogP contribution in [0.2, 0.25) is 0 Å². The van der Waals surface area contributed by atoms with E-state index < -0.39 is 11.7 Å². The largest absolute Gasteiger partial charge is 0.444 e.